The molecule has 1 aliphatic heterocycles. The van der Waals surface area contributed by atoms with Gasteiger partial charge in [-0.25, -0.2) is 19.9 Å². The van der Waals surface area contributed by atoms with Gasteiger partial charge < -0.3 is 9.57 Å². The molecular formula is C21H21ClF3N5O2. The topological polar surface area (TPSA) is 73.3 Å². The minimum Gasteiger partial charge on any atom is -0.424 e. The Hall–Kier alpha value is -2.56. The van der Waals surface area contributed by atoms with Crippen LogP contribution in [0.25, 0.3) is 10.9 Å². The second-order valence-electron chi connectivity index (χ2n) is 7.52. The molecule has 0 unspecified atom stereocenters. The number of fused-ring (bicyclic) bond motifs is 1. The SMILES string of the molecule is CON1CCC(CCc2nc(C(F)(F)F)nc3cccc(Oc4ncc(Cl)cn4)c23)CC1. The van der Waals surface area contributed by atoms with Crippen LogP contribution in [0.3, 0.4) is 0 Å². The summed E-state index contributed by atoms with van der Waals surface area (Å²) < 4.78 is 46.1. The van der Waals surface area contributed by atoms with E-state index in [9.17, 15) is 13.2 Å². The fourth-order valence-electron chi connectivity index (χ4n) is 3.79. The molecule has 11 heteroatoms. The maximum atomic E-state index is 13.4. The first kappa shape index (κ1) is 22.6. The van der Waals surface area contributed by atoms with Crippen LogP contribution in [0, 0.1) is 5.92 Å². The van der Waals surface area contributed by atoms with Crippen molar-refractivity contribution in [1.82, 2.24) is 25.0 Å². The first-order valence-corrected chi connectivity index (χ1v) is 10.5. The number of aromatic nitrogens is 4. The lowest BCUT2D eigenvalue weighted by atomic mass is 9.91. The van der Waals surface area contributed by atoms with Crippen molar-refractivity contribution in [3.8, 4) is 11.8 Å². The highest BCUT2D eigenvalue weighted by Crippen LogP contribution is 2.35. The van der Waals surface area contributed by atoms with E-state index >= 15 is 0 Å². The lowest BCUT2D eigenvalue weighted by Crippen LogP contribution is -2.32. The number of nitrogens with zero attached hydrogens (tertiary/aromatic N) is 5. The predicted molar refractivity (Wildman–Crippen MR) is 111 cm³/mol. The smallest absolute Gasteiger partial charge is 0.424 e. The quantitative estimate of drug-likeness (QED) is 0.500. The van der Waals surface area contributed by atoms with Crippen LogP contribution < -0.4 is 4.74 Å². The van der Waals surface area contributed by atoms with Crippen molar-refractivity contribution in [2.24, 2.45) is 5.92 Å². The van der Waals surface area contributed by atoms with E-state index in [4.69, 9.17) is 21.2 Å². The van der Waals surface area contributed by atoms with Gasteiger partial charge in [-0.3, -0.25) is 0 Å². The highest BCUT2D eigenvalue weighted by atomic mass is 35.5. The zero-order valence-corrected chi connectivity index (χ0v) is 18.0. The van der Waals surface area contributed by atoms with Crippen LogP contribution >= 0.6 is 11.6 Å². The zero-order chi connectivity index (χ0) is 22.7. The first-order valence-electron chi connectivity index (χ1n) is 10.1. The maximum Gasteiger partial charge on any atom is 0.451 e. The minimum atomic E-state index is -4.65. The summed E-state index contributed by atoms with van der Waals surface area (Å²) in [6.45, 7) is 1.59. The Kier molecular flexibility index (Phi) is 6.73. The van der Waals surface area contributed by atoms with Gasteiger partial charge in [0.15, 0.2) is 0 Å². The molecule has 0 atom stereocenters. The molecule has 32 heavy (non-hydrogen) atoms. The molecule has 1 aliphatic rings. The number of hydrogen-bond donors (Lipinski definition) is 0. The Morgan fingerprint density at radius 3 is 2.50 bits per heavy atom. The first-order chi connectivity index (χ1) is 15.3. The van der Waals surface area contributed by atoms with E-state index in [0.29, 0.717) is 40.6 Å². The number of rotatable bonds is 6. The van der Waals surface area contributed by atoms with Gasteiger partial charge in [0.2, 0.25) is 5.82 Å². The number of alkyl halides is 3. The molecule has 0 amide bonds. The lowest BCUT2D eigenvalue weighted by molar-refractivity contribution is -0.148. The van der Waals surface area contributed by atoms with Gasteiger partial charge in [-0.2, -0.15) is 18.2 Å². The number of piperidine rings is 1. The second kappa shape index (κ2) is 9.51. The van der Waals surface area contributed by atoms with E-state index in [0.717, 1.165) is 25.9 Å². The summed E-state index contributed by atoms with van der Waals surface area (Å²) in [4.78, 5) is 20.9. The molecule has 2 aromatic heterocycles. The van der Waals surface area contributed by atoms with Crippen LogP contribution in [-0.4, -0.2) is 45.2 Å². The van der Waals surface area contributed by atoms with Crippen LogP contribution in [0.1, 0.15) is 30.8 Å². The van der Waals surface area contributed by atoms with E-state index in [1.807, 2.05) is 5.06 Å². The molecule has 1 aromatic carbocycles. The average Bonchev–Trinajstić information content (AvgIpc) is 2.78. The van der Waals surface area contributed by atoms with Gasteiger partial charge in [0.05, 0.1) is 41.1 Å². The van der Waals surface area contributed by atoms with Crippen LogP contribution in [0.15, 0.2) is 30.6 Å². The molecule has 0 bridgehead atoms. The Labute approximate surface area is 187 Å². The Bertz CT molecular complexity index is 1070. The Morgan fingerprint density at radius 2 is 1.84 bits per heavy atom. The van der Waals surface area contributed by atoms with Gasteiger partial charge in [0, 0.05) is 13.1 Å². The zero-order valence-electron chi connectivity index (χ0n) is 17.3. The summed E-state index contributed by atoms with van der Waals surface area (Å²) in [7, 11) is 1.64. The summed E-state index contributed by atoms with van der Waals surface area (Å²) in [6, 6.07) is 4.75. The van der Waals surface area contributed by atoms with Gasteiger partial charge in [0.1, 0.15) is 5.75 Å². The number of benzene rings is 1. The van der Waals surface area contributed by atoms with E-state index < -0.39 is 12.0 Å². The standard InChI is InChI=1S/C21H21ClF3N5O2/c1-31-30-9-7-13(8-10-30)5-6-16-18-15(28-19(29-16)21(23,24)25)3-2-4-17(18)32-20-26-11-14(22)12-27-20/h2-4,11-13H,5-10H2,1H3. The molecule has 4 rings (SSSR count). The number of halogens is 4. The molecule has 0 radical (unpaired) electrons. The second-order valence-corrected chi connectivity index (χ2v) is 7.96. The van der Waals surface area contributed by atoms with Gasteiger partial charge in [-0.1, -0.05) is 17.7 Å². The van der Waals surface area contributed by atoms with Crippen molar-refractivity contribution in [3.63, 3.8) is 0 Å². The molecule has 0 spiro atoms. The van der Waals surface area contributed by atoms with Gasteiger partial charge in [0.25, 0.3) is 0 Å². The van der Waals surface area contributed by atoms with Crippen molar-refractivity contribution < 1.29 is 22.7 Å². The third-order valence-electron chi connectivity index (χ3n) is 5.43. The molecule has 0 saturated carbocycles. The largest absolute Gasteiger partial charge is 0.451 e. The average molecular weight is 468 g/mol. The van der Waals surface area contributed by atoms with Gasteiger partial charge in [-0.05, 0) is 43.7 Å². The summed E-state index contributed by atoms with van der Waals surface area (Å²) >= 11 is 5.81. The fraction of sp³-hybridized carbons (Fsp3) is 0.429. The third kappa shape index (κ3) is 5.25. The van der Waals surface area contributed by atoms with E-state index in [-0.39, 0.29) is 11.5 Å². The molecule has 3 aromatic rings. The number of hydroxylamine groups is 2. The fourth-order valence-corrected chi connectivity index (χ4v) is 3.89. The van der Waals surface area contributed by atoms with E-state index in [2.05, 4.69) is 19.9 Å². The Balaban J connectivity index is 1.66. The van der Waals surface area contributed by atoms with Crippen LogP contribution in [0.5, 0.6) is 11.8 Å². The van der Waals surface area contributed by atoms with Crippen molar-refractivity contribution in [1.29, 1.82) is 0 Å². The lowest BCUT2D eigenvalue weighted by Gasteiger charge is -2.30. The monoisotopic (exact) mass is 467 g/mol. The third-order valence-corrected chi connectivity index (χ3v) is 5.63. The summed E-state index contributed by atoms with van der Waals surface area (Å²) in [6.07, 6.45) is 0.980. The Morgan fingerprint density at radius 1 is 1.12 bits per heavy atom. The predicted octanol–water partition coefficient (Wildman–Crippen LogP) is 5.09. The molecule has 7 nitrogen and oxygen atoms in total. The van der Waals surface area contributed by atoms with E-state index in [1.165, 1.54) is 18.5 Å². The molecule has 170 valence electrons. The number of ether oxygens (including phenoxy) is 1. The number of aryl methyl sites for hydroxylation is 1. The molecular weight excluding hydrogens is 447 g/mol. The molecule has 1 fully saturated rings. The van der Waals surface area contributed by atoms with Gasteiger partial charge in [-0.15, -0.1) is 0 Å². The van der Waals surface area contributed by atoms with Crippen molar-refractivity contribution >= 4 is 22.5 Å². The normalized spacial score (nSPS) is 15.9. The minimum absolute atomic E-state index is 0.0275. The van der Waals surface area contributed by atoms with Crippen molar-refractivity contribution in [2.75, 3.05) is 20.2 Å². The summed E-state index contributed by atoms with van der Waals surface area (Å²) in [5.41, 5.74) is 0.448. The van der Waals surface area contributed by atoms with E-state index in [1.54, 1.807) is 19.2 Å². The van der Waals surface area contributed by atoms with Gasteiger partial charge >= 0.3 is 12.2 Å². The van der Waals surface area contributed by atoms with Crippen LogP contribution in [0.2, 0.25) is 5.02 Å². The van der Waals surface area contributed by atoms with Crippen molar-refractivity contribution in [3.05, 3.63) is 47.1 Å². The highest BCUT2D eigenvalue weighted by Gasteiger charge is 2.36. The van der Waals surface area contributed by atoms with Crippen LogP contribution in [-0.2, 0) is 17.4 Å². The molecule has 0 aliphatic carbocycles. The van der Waals surface area contributed by atoms with Crippen LogP contribution in [0.4, 0.5) is 13.2 Å². The molecule has 3 heterocycles. The number of hydrogen-bond acceptors (Lipinski definition) is 7. The molecule has 0 N–H and O–H groups in total. The highest BCUT2D eigenvalue weighted by molar-refractivity contribution is 6.30. The summed E-state index contributed by atoms with van der Waals surface area (Å²) in [5.74, 6) is -0.495. The molecule has 1 saturated heterocycles. The van der Waals surface area contributed by atoms with Crippen molar-refractivity contribution in [2.45, 2.75) is 31.9 Å². The summed E-state index contributed by atoms with van der Waals surface area (Å²) in [5, 5.41) is 2.65. The maximum absolute atomic E-state index is 13.4.